The number of hydrogen-bond donors (Lipinski definition) is 2. The SMILES string of the molecule is COC(=O)[C@H](Cc1cnc[nH]1)NC(=O)C(F)(F)C(F)F. The van der Waals surface area contributed by atoms with Crippen LogP contribution in [0.2, 0.25) is 0 Å². The fraction of sp³-hybridized carbons (Fsp3) is 0.500. The summed E-state index contributed by atoms with van der Waals surface area (Å²) in [6, 6.07) is -1.53. The maximum absolute atomic E-state index is 12.8. The van der Waals surface area contributed by atoms with Crippen molar-refractivity contribution >= 4 is 11.9 Å². The highest BCUT2D eigenvalue weighted by Gasteiger charge is 2.50. The zero-order valence-electron chi connectivity index (χ0n) is 10.2. The van der Waals surface area contributed by atoms with Gasteiger partial charge in [-0.05, 0) is 0 Å². The number of ether oxygens (including phenoxy) is 1. The lowest BCUT2D eigenvalue weighted by Gasteiger charge is -2.20. The van der Waals surface area contributed by atoms with Crippen molar-refractivity contribution in [2.24, 2.45) is 0 Å². The molecule has 2 N–H and O–H groups in total. The summed E-state index contributed by atoms with van der Waals surface area (Å²) < 4.78 is 54.0. The zero-order chi connectivity index (χ0) is 15.3. The van der Waals surface area contributed by atoms with E-state index in [9.17, 15) is 27.2 Å². The Balaban J connectivity index is 2.80. The third-order valence-corrected chi connectivity index (χ3v) is 2.35. The van der Waals surface area contributed by atoms with Gasteiger partial charge in [-0.15, -0.1) is 0 Å². The molecular weight excluding hydrogens is 286 g/mol. The molecule has 10 heteroatoms. The van der Waals surface area contributed by atoms with E-state index in [1.807, 2.05) is 0 Å². The molecule has 6 nitrogen and oxygen atoms in total. The number of carbonyl (C=O) groups excluding carboxylic acids is 2. The standard InChI is InChI=1S/C10H11F4N3O3/c1-20-7(18)6(2-5-3-15-4-16-5)17-9(19)10(13,14)8(11)12/h3-4,6,8H,2H2,1H3,(H,15,16)(H,17,19)/t6-/m0/s1. The van der Waals surface area contributed by atoms with Crippen LogP contribution >= 0.6 is 0 Å². The van der Waals surface area contributed by atoms with E-state index < -0.39 is 30.3 Å². The molecule has 1 amide bonds. The van der Waals surface area contributed by atoms with Crippen molar-refractivity contribution in [3.63, 3.8) is 0 Å². The molecule has 0 fully saturated rings. The lowest BCUT2D eigenvalue weighted by atomic mass is 10.1. The topological polar surface area (TPSA) is 84.1 Å². The summed E-state index contributed by atoms with van der Waals surface area (Å²) in [6.45, 7) is 0. The van der Waals surface area contributed by atoms with E-state index in [0.717, 1.165) is 7.11 Å². The Kier molecular flexibility index (Phi) is 5.06. The number of nitrogens with zero attached hydrogens (tertiary/aromatic N) is 1. The molecule has 0 aromatic carbocycles. The number of aromatic amines is 1. The van der Waals surface area contributed by atoms with Gasteiger partial charge < -0.3 is 15.0 Å². The molecule has 0 aliphatic rings. The second kappa shape index (κ2) is 6.35. The lowest BCUT2D eigenvalue weighted by molar-refractivity contribution is -0.171. The van der Waals surface area contributed by atoms with Crippen LogP contribution in [-0.2, 0) is 20.7 Å². The molecule has 1 rings (SSSR count). The first kappa shape index (κ1) is 15.9. The van der Waals surface area contributed by atoms with Crippen LogP contribution in [0.3, 0.4) is 0 Å². The molecule has 0 aliphatic carbocycles. The number of alkyl halides is 4. The van der Waals surface area contributed by atoms with E-state index in [2.05, 4.69) is 14.7 Å². The number of imidazole rings is 1. The number of hydrogen-bond acceptors (Lipinski definition) is 4. The number of rotatable bonds is 6. The average Bonchev–Trinajstić information content (AvgIpc) is 2.89. The van der Waals surface area contributed by atoms with Crippen LogP contribution in [0.15, 0.2) is 12.5 Å². The molecule has 0 aliphatic heterocycles. The molecule has 0 saturated heterocycles. The summed E-state index contributed by atoms with van der Waals surface area (Å²) in [6.07, 6.45) is -1.88. The van der Waals surface area contributed by atoms with Crippen molar-refractivity contribution < 1.29 is 31.9 Å². The van der Waals surface area contributed by atoms with Crippen LogP contribution in [0.1, 0.15) is 5.69 Å². The van der Waals surface area contributed by atoms with Crippen LogP contribution in [0, 0.1) is 0 Å². The number of esters is 1. The maximum Gasteiger partial charge on any atom is 0.383 e. The summed E-state index contributed by atoms with van der Waals surface area (Å²) >= 11 is 0. The van der Waals surface area contributed by atoms with Crippen molar-refractivity contribution in [1.29, 1.82) is 0 Å². The molecule has 112 valence electrons. The van der Waals surface area contributed by atoms with Gasteiger partial charge in [-0.2, -0.15) is 8.78 Å². The monoisotopic (exact) mass is 297 g/mol. The number of aromatic nitrogens is 2. The normalized spacial score (nSPS) is 13.1. The Bertz CT molecular complexity index is 464. The van der Waals surface area contributed by atoms with Gasteiger partial charge in [-0.3, -0.25) is 4.79 Å². The smallest absolute Gasteiger partial charge is 0.383 e. The number of halogens is 4. The van der Waals surface area contributed by atoms with Crippen LogP contribution in [0.25, 0.3) is 0 Å². The van der Waals surface area contributed by atoms with Gasteiger partial charge in [0.05, 0.1) is 13.4 Å². The van der Waals surface area contributed by atoms with Gasteiger partial charge in [0.15, 0.2) is 0 Å². The Labute approximate surface area is 110 Å². The highest BCUT2D eigenvalue weighted by Crippen LogP contribution is 2.23. The Morgan fingerprint density at radius 3 is 2.60 bits per heavy atom. The minimum Gasteiger partial charge on any atom is -0.467 e. The van der Waals surface area contributed by atoms with Crippen LogP contribution in [0.4, 0.5) is 17.6 Å². The fourth-order valence-corrected chi connectivity index (χ4v) is 1.31. The minimum absolute atomic E-state index is 0.252. The highest BCUT2D eigenvalue weighted by atomic mass is 19.3. The maximum atomic E-state index is 12.8. The molecular formula is C10H11F4N3O3. The van der Waals surface area contributed by atoms with E-state index in [0.29, 0.717) is 5.69 Å². The van der Waals surface area contributed by atoms with Crippen molar-refractivity contribution in [1.82, 2.24) is 15.3 Å². The molecule has 1 atom stereocenters. The number of amides is 1. The van der Waals surface area contributed by atoms with E-state index >= 15 is 0 Å². The van der Waals surface area contributed by atoms with Gasteiger partial charge >= 0.3 is 18.3 Å². The van der Waals surface area contributed by atoms with Crippen LogP contribution in [0.5, 0.6) is 0 Å². The first-order valence-corrected chi connectivity index (χ1v) is 5.31. The van der Waals surface area contributed by atoms with Crippen molar-refractivity contribution in [2.75, 3.05) is 7.11 Å². The van der Waals surface area contributed by atoms with Crippen molar-refractivity contribution in [3.8, 4) is 0 Å². The molecule has 1 aromatic heterocycles. The zero-order valence-corrected chi connectivity index (χ0v) is 10.2. The van der Waals surface area contributed by atoms with Gasteiger partial charge in [0.25, 0.3) is 5.91 Å². The number of nitrogens with one attached hydrogen (secondary N) is 2. The van der Waals surface area contributed by atoms with E-state index in [4.69, 9.17) is 0 Å². The molecule has 0 unspecified atom stereocenters. The largest absolute Gasteiger partial charge is 0.467 e. The Hall–Kier alpha value is -2.13. The van der Waals surface area contributed by atoms with Crippen molar-refractivity contribution in [2.45, 2.75) is 24.8 Å². The van der Waals surface area contributed by atoms with Crippen molar-refractivity contribution in [3.05, 3.63) is 18.2 Å². The van der Waals surface area contributed by atoms with E-state index in [1.165, 1.54) is 17.8 Å². The predicted octanol–water partition coefficient (Wildman–Crippen LogP) is 0.510. The summed E-state index contributed by atoms with van der Waals surface area (Å²) in [5, 5.41) is 1.54. The highest BCUT2D eigenvalue weighted by molar-refractivity contribution is 5.89. The predicted molar refractivity (Wildman–Crippen MR) is 57.2 cm³/mol. The third kappa shape index (κ3) is 3.68. The third-order valence-electron chi connectivity index (χ3n) is 2.35. The summed E-state index contributed by atoms with van der Waals surface area (Å²) in [5.74, 6) is -8.18. The van der Waals surface area contributed by atoms with Gasteiger partial charge in [-0.25, -0.2) is 18.6 Å². The second-order valence-electron chi connectivity index (χ2n) is 3.75. The molecule has 1 heterocycles. The Morgan fingerprint density at radius 1 is 1.50 bits per heavy atom. The van der Waals surface area contributed by atoms with E-state index in [1.54, 1.807) is 0 Å². The van der Waals surface area contributed by atoms with Crippen LogP contribution in [-0.4, -0.2) is 47.3 Å². The summed E-state index contributed by atoms with van der Waals surface area (Å²) in [4.78, 5) is 28.7. The molecule has 20 heavy (non-hydrogen) atoms. The number of methoxy groups -OCH3 is 1. The first-order valence-electron chi connectivity index (χ1n) is 5.31. The molecule has 0 bridgehead atoms. The quantitative estimate of drug-likeness (QED) is 0.592. The van der Waals surface area contributed by atoms with Gasteiger partial charge in [0.2, 0.25) is 0 Å². The molecule has 1 aromatic rings. The molecule has 0 saturated carbocycles. The lowest BCUT2D eigenvalue weighted by Crippen LogP contribution is -2.52. The fourth-order valence-electron chi connectivity index (χ4n) is 1.31. The van der Waals surface area contributed by atoms with Gasteiger partial charge in [0, 0.05) is 18.3 Å². The average molecular weight is 297 g/mol. The van der Waals surface area contributed by atoms with Gasteiger partial charge in [0.1, 0.15) is 6.04 Å². The summed E-state index contributed by atoms with van der Waals surface area (Å²) in [5.41, 5.74) is 0.334. The first-order chi connectivity index (χ1) is 9.28. The van der Waals surface area contributed by atoms with E-state index in [-0.39, 0.29) is 6.42 Å². The second-order valence-corrected chi connectivity index (χ2v) is 3.75. The van der Waals surface area contributed by atoms with Gasteiger partial charge in [-0.1, -0.05) is 0 Å². The minimum atomic E-state index is -4.89. The number of H-pyrrole nitrogens is 1. The Morgan fingerprint density at radius 2 is 2.15 bits per heavy atom. The summed E-state index contributed by atoms with van der Waals surface area (Å²) in [7, 11) is 0.972. The molecule has 0 radical (unpaired) electrons. The number of carbonyl (C=O) groups is 2. The van der Waals surface area contributed by atoms with Crippen LogP contribution < -0.4 is 5.32 Å². The molecule has 0 spiro atoms.